The summed E-state index contributed by atoms with van der Waals surface area (Å²) in [6, 6.07) is 12.4. The number of halogens is 6. The molecule has 0 fully saturated rings. The maximum absolute atomic E-state index is 13.0. The summed E-state index contributed by atoms with van der Waals surface area (Å²) in [5.41, 5.74) is -1.36. The number of aromatic nitrogens is 1. The van der Waals surface area contributed by atoms with Crippen LogP contribution in [0.3, 0.4) is 0 Å². The SMILES string of the molecule is Cc1cccc(-c2nc3ccc(NC(=O)c4cc(C(F)(F)F)cc(C(F)(F)F)c4)cc3o2)c1. The first-order chi connectivity index (χ1) is 15.4. The molecule has 0 radical (unpaired) electrons. The number of carbonyl (C=O) groups is 1. The van der Waals surface area contributed by atoms with Crippen molar-refractivity contribution >= 4 is 22.7 Å². The van der Waals surface area contributed by atoms with Gasteiger partial charge in [0.05, 0.1) is 11.1 Å². The summed E-state index contributed by atoms with van der Waals surface area (Å²) in [7, 11) is 0. The van der Waals surface area contributed by atoms with Gasteiger partial charge in [-0.05, 0) is 49.4 Å². The number of anilines is 1. The van der Waals surface area contributed by atoms with E-state index in [1.54, 1.807) is 6.07 Å². The highest BCUT2D eigenvalue weighted by Crippen LogP contribution is 2.36. The quantitative estimate of drug-likeness (QED) is 0.329. The molecule has 1 N–H and O–H groups in total. The van der Waals surface area contributed by atoms with Gasteiger partial charge < -0.3 is 9.73 Å². The minimum Gasteiger partial charge on any atom is -0.436 e. The van der Waals surface area contributed by atoms with Gasteiger partial charge in [-0.15, -0.1) is 0 Å². The van der Waals surface area contributed by atoms with Crippen LogP contribution < -0.4 is 5.32 Å². The largest absolute Gasteiger partial charge is 0.436 e. The van der Waals surface area contributed by atoms with Crippen molar-refractivity contribution in [3.63, 3.8) is 0 Å². The van der Waals surface area contributed by atoms with Crippen LogP contribution in [-0.2, 0) is 12.4 Å². The van der Waals surface area contributed by atoms with Crippen LogP contribution >= 0.6 is 0 Å². The average molecular weight is 464 g/mol. The molecular weight excluding hydrogens is 450 g/mol. The monoisotopic (exact) mass is 464 g/mol. The predicted molar refractivity (Wildman–Crippen MR) is 109 cm³/mol. The highest BCUT2D eigenvalue weighted by molar-refractivity contribution is 6.05. The zero-order valence-corrected chi connectivity index (χ0v) is 16.8. The van der Waals surface area contributed by atoms with Crippen molar-refractivity contribution in [1.82, 2.24) is 4.98 Å². The minimum atomic E-state index is -5.05. The van der Waals surface area contributed by atoms with E-state index in [2.05, 4.69) is 10.3 Å². The van der Waals surface area contributed by atoms with Crippen molar-refractivity contribution in [3.05, 3.63) is 82.9 Å². The molecule has 0 bridgehead atoms. The molecule has 10 heteroatoms. The number of alkyl halides is 6. The molecule has 4 nitrogen and oxygen atoms in total. The Labute approximate surface area is 182 Å². The van der Waals surface area contributed by atoms with Gasteiger partial charge in [0.25, 0.3) is 5.91 Å². The van der Waals surface area contributed by atoms with E-state index < -0.39 is 35.0 Å². The van der Waals surface area contributed by atoms with Gasteiger partial charge in [0.15, 0.2) is 5.58 Å². The molecule has 0 saturated carbocycles. The smallest absolute Gasteiger partial charge is 0.416 e. The molecule has 0 aliphatic carbocycles. The van der Waals surface area contributed by atoms with E-state index in [1.165, 1.54) is 18.2 Å². The first kappa shape index (κ1) is 22.4. The number of benzene rings is 3. The lowest BCUT2D eigenvalue weighted by molar-refractivity contribution is -0.143. The van der Waals surface area contributed by atoms with Crippen molar-refractivity contribution < 1.29 is 35.6 Å². The highest BCUT2D eigenvalue weighted by atomic mass is 19.4. The fourth-order valence-electron chi connectivity index (χ4n) is 3.19. The third kappa shape index (κ3) is 4.84. The molecule has 3 aromatic carbocycles. The fourth-order valence-corrected chi connectivity index (χ4v) is 3.19. The Morgan fingerprint density at radius 1 is 0.879 bits per heavy atom. The lowest BCUT2D eigenvalue weighted by Gasteiger charge is -2.14. The third-order valence-corrected chi connectivity index (χ3v) is 4.76. The Morgan fingerprint density at radius 3 is 2.15 bits per heavy atom. The van der Waals surface area contributed by atoms with Gasteiger partial charge in [-0.25, -0.2) is 4.98 Å². The van der Waals surface area contributed by atoms with E-state index in [1.807, 2.05) is 25.1 Å². The number of aryl methyl sites for hydroxylation is 1. The summed E-state index contributed by atoms with van der Waals surface area (Å²) < 4.78 is 84.0. The number of amides is 1. The van der Waals surface area contributed by atoms with E-state index in [-0.39, 0.29) is 17.3 Å². The molecule has 1 heterocycles. The maximum atomic E-state index is 13.0. The number of nitrogens with zero attached hydrogens (tertiary/aromatic N) is 1. The van der Waals surface area contributed by atoms with Gasteiger partial charge in [0, 0.05) is 22.9 Å². The topological polar surface area (TPSA) is 55.1 Å². The van der Waals surface area contributed by atoms with Gasteiger partial charge in [0.1, 0.15) is 5.52 Å². The van der Waals surface area contributed by atoms with E-state index in [4.69, 9.17) is 4.42 Å². The molecular formula is C23H14F6N2O2. The van der Waals surface area contributed by atoms with Gasteiger partial charge in [0.2, 0.25) is 5.89 Å². The maximum Gasteiger partial charge on any atom is 0.416 e. The number of hydrogen-bond acceptors (Lipinski definition) is 3. The molecule has 0 saturated heterocycles. The third-order valence-electron chi connectivity index (χ3n) is 4.76. The normalized spacial score (nSPS) is 12.2. The number of fused-ring (bicyclic) bond motifs is 1. The van der Waals surface area contributed by atoms with Crippen LogP contribution in [0.15, 0.2) is 65.1 Å². The van der Waals surface area contributed by atoms with E-state index in [0.29, 0.717) is 23.5 Å². The average Bonchev–Trinajstić information content (AvgIpc) is 3.15. The fraction of sp³-hybridized carbons (Fsp3) is 0.130. The standard InChI is InChI=1S/C23H14F6N2O2/c1-12-3-2-4-13(7-12)21-31-18-6-5-17(11-19(18)33-21)30-20(32)14-8-15(22(24,25)26)10-16(9-14)23(27,28)29/h2-11H,1H3,(H,30,32). The van der Waals surface area contributed by atoms with Crippen LogP contribution in [0.4, 0.5) is 32.0 Å². The van der Waals surface area contributed by atoms with Crippen LogP contribution in [0.5, 0.6) is 0 Å². The van der Waals surface area contributed by atoms with E-state index in [9.17, 15) is 31.1 Å². The van der Waals surface area contributed by atoms with E-state index >= 15 is 0 Å². The number of carbonyl (C=O) groups excluding carboxylic acids is 1. The molecule has 1 aromatic heterocycles. The Kier molecular flexibility index (Phi) is 5.39. The minimum absolute atomic E-state index is 0.0375. The van der Waals surface area contributed by atoms with Crippen molar-refractivity contribution in [2.75, 3.05) is 5.32 Å². The molecule has 0 aliphatic heterocycles. The molecule has 0 atom stereocenters. The first-order valence-corrected chi connectivity index (χ1v) is 9.48. The van der Waals surface area contributed by atoms with Crippen molar-refractivity contribution in [1.29, 1.82) is 0 Å². The van der Waals surface area contributed by atoms with Crippen LogP contribution in [-0.4, -0.2) is 10.9 Å². The molecule has 1 amide bonds. The Bertz CT molecular complexity index is 1320. The van der Waals surface area contributed by atoms with E-state index in [0.717, 1.165) is 11.1 Å². The lowest BCUT2D eigenvalue weighted by Crippen LogP contribution is -2.17. The number of nitrogens with one attached hydrogen (secondary N) is 1. The summed E-state index contributed by atoms with van der Waals surface area (Å²) in [6.07, 6.45) is -10.1. The second kappa shape index (κ2) is 7.95. The van der Waals surface area contributed by atoms with Crippen molar-refractivity contribution in [2.45, 2.75) is 19.3 Å². The second-order valence-corrected chi connectivity index (χ2v) is 7.32. The molecule has 0 unspecified atom stereocenters. The summed E-state index contributed by atoms with van der Waals surface area (Å²) in [5.74, 6) is -0.811. The lowest BCUT2D eigenvalue weighted by atomic mass is 10.0. The highest BCUT2D eigenvalue weighted by Gasteiger charge is 2.37. The zero-order chi connectivity index (χ0) is 24.0. The summed E-state index contributed by atoms with van der Waals surface area (Å²) >= 11 is 0. The Hall–Kier alpha value is -3.82. The van der Waals surface area contributed by atoms with Gasteiger partial charge in [-0.2, -0.15) is 26.3 Å². The predicted octanol–water partition coefficient (Wildman–Crippen LogP) is 7.09. The van der Waals surface area contributed by atoms with Gasteiger partial charge in [-0.1, -0.05) is 17.7 Å². The van der Waals surface area contributed by atoms with Crippen LogP contribution in [0.2, 0.25) is 0 Å². The molecule has 4 aromatic rings. The number of hydrogen-bond donors (Lipinski definition) is 1. The van der Waals surface area contributed by atoms with Gasteiger partial charge in [-0.3, -0.25) is 4.79 Å². The summed E-state index contributed by atoms with van der Waals surface area (Å²) in [5, 5.41) is 2.30. The molecule has 4 rings (SSSR count). The molecule has 0 aliphatic rings. The molecule has 33 heavy (non-hydrogen) atoms. The van der Waals surface area contributed by atoms with Crippen LogP contribution in [0.1, 0.15) is 27.0 Å². The van der Waals surface area contributed by atoms with Crippen LogP contribution in [0, 0.1) is 6.92 Å². The number of rotatable bonds is 3. The van der Waals surface area contributed by atoms with Gasteiger partial charge >= 0.3 is 12.4 Å². The van der Waals surface area contributed by atoms with Crippen molar-refractivity contribution in [2.24, 2.45) is 0 Å². The van der Waals surface area contributed by atoms with Crippen LogP contribution in [0.25, 0.3) is 22.6 Å². The zero-order valence-electron chi connectivity index (χ0n) is 16.8. The Balaban J connectivity index is 1.65. The Morgan fingerprint density at radius 2 is 1.55 bits per heavy atom. The first-order valence-electron chi connectivity index (χ1n) is 9.48. The number of oxazole rings is 1. The second-order valence-electron chi connectivity index (χ2n) is 7.32. The summed E-state index contributed by atoms with van der Waals surface area (Å²) in [6.45, 7) is 1.90. The summed E-state index contributed by atoms with van der Waals surface area (Å²) in [4.78, 5) is 16.8. The van der Waals surface area contributed by atoms with Crippen molar-refractivity contribution in [3.8, 4) is 11.5 Å². The molecule has 0 spiro atoms. The molecule has 170 valence electrons.